The molecular weight excluding hydrogens is 406 g/mol. The third kappa shape index (κ3) is 4.19. The minimum Gasteiger partial charge on any atom is -0.432 e. The zero-order chi connectivity index (χ0) is 22.3. The normalized spacial score (nSPS) is 19.0. The second-order valence-electron chi connectivity index (χ2n) is 10.1. The number of hydrogen-bond acceptors (Lipinski definition) is 7. The van der Waals surface area contributed by atoms with Crippen molar-refractivity contribution >= 4 is 28.0 Å². The van der Waals surface area contributed by atoms with E-state index >= 15 is 0 Å². The van der Waals surface area contributed by atoms with E-state index < -0.39 is 0 Å². The number of furan rings is 1. The van der Waals surface area contributed by atoms with Crippen LogP contribution in [0.4, 0.5) is 5.82 Å². The first-order valence-corrected chi connectivity index (χ1v) is 11.8. The van der Waals surface area contributed by atoms with Crippen LogP contribution in [0, 0.1) is 5.92 Å². The van der Waals surface area contributed by atoms with Crippen molar-refractivity contribution in [3.8, 4) is 0 Å². The van der Waals surface area contributed by atoms with Crippen LogP contribution in [0.15, 0.2) is 10.7 Å². The van der Waals surface area contributed by atoms with Crippen molar-refractivity contribution in [2.75, 3.05) is 44.7 Å². The number of nitrogens with zero attached hydrogens (tertiary/aromatic N) is 3. The minimum atomic E-state index is -0.227. The van der Waals surface area contributed by atoms with Gasteiger partial charge in [-0.05, 0) is 31.7 Å². The third-order valence-electron chi connectivity index (χ3n) is 6.49. The quantitative estimate of drug-likeness (QED) is 0.607. The van der Waals surface area contributed by atoms with Crippen LogP contribution in [0.25, 0.3) is 22.2 Å². The van der Waals surface area contributed by atoms with Gasteiger partial charge in [-0.25, -0.2) is 15.0 Å². The number of anilines is 1. The Morgan fingerprint density at radius 1 is 1.16 bits per heavy atom. The van der Waals surface area contributed by atoms with E-state index in [-0.39, 0.29) is 5.60 Å². The lowest BCUT2D eigenvalue weighted by atomic mass is 9.88. The minimum absolute atomic E-state index is 0.227. The van der Waals surface area contributed by atoms with Gasteiger partial charge in [0.05, 0.1) is 49.6 Å². The van der Waals surface area contributed by atoms with Gasteiger partial charge < -0.3 is 24.1 Å². The third-order valence-corrected chi connectivity index (χ3v) is 6.49. The Morgan fingerprint density at radius 2 is 1.97 bits per heavy atom. The maximum atomic E-state index is 6.32. The van der Waals surface area contributed by atoms with Gasteiger partial charge in [-0.2, -0.15) is 0 Å². The molecule has 0 radical (unpaired) electrons. The van der Waals surface area contributed by atoms with Crippen molar-refractivity contribution in [2.45, 2.75) is 52.7 Å². The highest BCUT2D eigenvalue weighted by molar-refractivity contribution is 6.06. The Labute approximate surface area is 188 Å². The first-order chi connectivity index (χ1) is 15.4. The van der Waals surface area contributed by atoms with Crippen LogP contribution in [0.3, 0.4) is 0 Å². The number of nitrogens with one attached hydrogen (secondary N) is 2. The van der Waals surface area contributed by atoms with Gasteiger partial charge in [0.15, 0.2) is 11.4 Å². The number of rotatable bonds is 6. The summed E-state index contributed by atoms with van der Waals surface area (Å²) in [6.45, 7) is 14.9. The van der Waals surface area contributed by atoms with Gasteiger partial charge in [-0.1, -0.05) is 13.8 Å². The number of morpholine rings is 1. The molecule has 0 bridgehead atoms. The van der Waals surface area contributed by atoms with Crippen LogP contribution in [-0.4, -0.2) is 59.9 Å². The fraction of sp³-hybridized carbons (Fsp3) is 0.625. The SMILES string of the molecule is CC(C)Cc1nc2oc3c(NCC[NH+]4CCOCC4)ncnc3c2c2c1COC(C)(C)C2. The Balaban J connectivity index is 1.53. The monoisotopic (exact) mass is 440 g/mol. The predicted molar refractivity (Wildman–Crippen MR) is 123 cm³/mol. The second kappa shape index (κ2) is 8.57. The van der Waals surface area contributed by atoms with Crippen molar-refractivity contribution in [3.05, 3.63) is 23.1 Å². The molecule has 0 atom stereocenters. The highest BCUT2D eigenvalue weighted by Gasteiger charge is 2.32. The summed E-state index contributed by atoms with van der Waals surface area (Å²) in [6, 6.07) is 0. The van der Waals surface area contributed by atoms with E-state index in [9.17, 15) is 0 Å². The molecule has 2 aliphatic heterocycles. The fourth-order valence-electron chi connectivity index (χ4n) is 4.82. The number of fused-ring (bicyclic) bond motifs is 5. The maximum Gasteiger partial charge on any atom is 0.229 e. The number of hydrogen-bond donors (Lipinski definition) is 2. The summed E-state index contributed by atoms with van der Waals surface area (Å²) in [5.74, 6) is 1.24. The van der Waals surface area contributed by atoms with E-state index in [0.29, 0.717) is 23.8 Å². The molecule has 0 unspecified atom stereocenters. The highest BCUT2D eigenvalue weighted by atomic mass is 16.5. The summed E-state index contributed by atoms with van der Waals surface area (Å²) in [6.07, 6.45) is 3.34. The molecule has 5 heterocycles. The van der Waals surface area contributed by atoms with Gasteiger partial charge in [0.2, 0.25) is 5.71 Å². The Morgan fingerprint density at radius 3 is 2.75 bits per heavy atom. The van der Waals surface area contributed by atoms with Crippen LogP contribution >= 0.6 is 0 Å². The van der Waals surface area contributed by atoms with Crippen LogP contribution in [0.1, 0.15) is 44.5 Å². The van der Waals surface area contributed by atoms with E-state index in [1.807, 2.05) is 0 Å². The van der Waals surface area contributed by atoms with Crippen LogP contribution in [-0.2, 0) is 28.9 Å². The first-order valence-electron chi connectivity index (χ1n) is 11.8. The Bertz CT molecular complexity index is 1120. The second-order valence-corrected chi connectivity index (χ2v) is 10.1. The van der Waals surface area contributed by atoms with E-state index in [1.54, 1.807) is 11.2 Å². The number of quaternary nitrogens is 1. The van der Waals surface area contributed by atoms with Gasteiger partial charge in [0, 0.05) is 12.0 Å². The van der Waals surface area contributed by atoms with Gasteiger partial charge in [0.25, 0.3) is 0 Å². The molecule has 1 fully saturated rings. The molecule has 32 heavy (non-hydrogen) atoms. The molecule has 5 rings (SSSR count). The molecule has 2 N–H and O–H groups in total. The van der Waals surface area contributed by atoms with Crippen molar-refractivity contribution in [3.63, 3.8) is 0 Å². The van der Waals surface area contributed by atoms with Gasteiger partial charge in [-0.15, -0.1) is 0 Å². The summed E-state index contributed by atoms with van der Waals surface area (Å²) in [7, 11) is 0. The number of ether oxygens (including phenoxy) is 2. The number of pyridine rings is 1. The zero-order valence-corrected chi connectivity index (χ0v) is 19.6. The van der Waals surface area contributed by atoms with Crippen LogP contribution in [0.5, 0.6) is 0 Å². The molecule has 0 spiro atoms. The van der Waals surface area contributed by atoms with E-state index in [2.05, 4.69) is 43.0 Å². The summed E-state index contributed by atoms with van der Waals surface area (Å²) in [5, 5.41) is 4.50. The Kier molecular flexibility index (Phi) is 5.77. The van der Waals surface area contributed by atoms with Crippen molar-refractivity contribution < 1.29 is 18.8 Å². The summed E-state index contributed by atoms with van der Waals surface area (Å²) >= 11 is 0. The molecule has 0 amide bonds. The molecule has 0 saturated carbocycles. The first kappa shape index (κ1) is 21.6. The van der Waals surface area contributed by atoms with Gasteiger partial charge >= 0.3 is 0 Å². The largest absolute Gasteiger partial charge is 0.432 e. The molecule has 8 nitrogen and oxygen atoms in total. The van der Waals surface area contributed by atoms with Crippen molar-refractivity contribution in [1.29, 1.82) is 0 Å². The lowest BCUT2D eigenvalue weighted by molar-refractivity contribution is -0.906. The molecule has 2 aliphatic rings. The molecule has 8 heteroatoms. The predicted octanol–water partition coefficient (Wildman–Crippen LogP) is 2.15. The van der Waals surface area contributed by atoms with E-state index in [1.165, 1.54) is 11.1 Å². The van der Waals surface area contributed by atoms with Gasteiger partial charge in [0.1, 0.15) is 24.9 Å². The molecule has 1 saturated heterocycles. The van der Waals surface area contributed by atoms with Crippen LogP contribution < -0.4 is 10.2 Å². The lowest BCUT2D eigenvalue weighted by Crippen LogP contribution is -3.14. The molecule has 3 aromatic heterocycles. The lowest BCUT2D eigenvalue weighted by Gasteiger charge is -2.33. The molecular formula is C24H34N5O3+. The fourth-order valence-corrected chi connectivity index (χ4v) is 4.82. The zero-order valence-electron chi connectivity index (χ0n) is 19.6. The number of aromatic nitrogens is 3. The maximum absolute atomic E-state index is 6.32. The van der Waals surface area contributed by atoms with Crippen LogP contribution in [0.2, 0.25) is 0 Å². The Hall–Kier alpha value is -2.29. The van der Waals surface area contributed by atoms with E-state index in [0.717, 1.165) is 74.6 Å². The summed E-state index contributed by atoms with van der Waals surface area (Å²) in [5.41, 5.74) is 5.52. The molecule has 172 valence electrons. The standard InChI is InChI=1S/C24H33N5O3/c1-15(2)11-18-17-13-31-24(3,4)12-16(17)19-20-21(32-23(19)28-18)22(27-14-26-20)25-5-6-29-7-9-30-10-8-29/h14-15H,5-13H2,1-4H3,(H,25,26,27)/p+1. The summed E-state index contributed by atoms with van der Waals surface area (Å²) in [4.78, 5) is 15.6. The average molecular weight is 441 g/mol. The molecule has 0 aromatic carbocycles. The van der Waals surface area contributed by atoms with Gasteiger partial charge in [-0.3, -0.25) is 0 Å². The van der Waals surface area contributed by atoms with Crippen molar-refractivity contribution in [1.82, 2.24) is 15.0 Å². The highest BCUT2D eigenvalue weighted by Crippen LogP contribution is 2.39. The topological polar surface area (TPSA) is 86.7 Å². The summed E-state index contributed by atoms with van der Waals surface area (Å²) < 4.78 is 17.9. The van der Waals surface area contributed by atoms with E-state index in [4.69, 9.17) is 18.9 Å². The molecule has 0 aliphatic carbocycles. The molecule has 3 aromatic rings. The van der Waals surface area contributed by atoms with Crippen molar-refractivity contribution in [2.24, 2.45) is 5.92 Å². The smallest absolute Gasteiger partial charge is 0.229 e. The average Bonchev–Trinajstić information content (AvgIpc) is 3.13.